The van der Waals surface area contributed by atoms with E-state index in [-0.39, 0.29) is 18.0 Å². The van der Waals surface area contributed by atoms with E-state index in [0.717, 1.165) is 5.56 Å². The molecule has 94 valence electrons. The van der Waals surface area contributed by atoms with Crippen LogP contribution in [0.4, 0.5) is 4.39 Å². The Morgan fingerprint density at radius 2 is 1.89 bits per heavy atom. The molecule has 0 amide bonds. The van der Waals surface area contributed by atoms with E-state index in [4.69, 9.17) is 4.74 Å². The minimum Gasteiger partial charge on any atom is -0.488 e. The number of rotatable bonds is 1. The number of hydrogen-bond donors (Lipinski definition) is 0. The molecule has 0 aromatic heterocycles. The van der Waals surface area contributed by atoms with Gasteiger partial charge in [-0.3, -0.25) is 4.79 Å². The summed E-state index contributed by atoms with van der Waals surface area (Å²) in [5.74, 6) is -0.169. The number of carbonyl (C=O) groups excluding carboxylic acids is 1. The van der Waals surface area contributed by atoms with E-state index in [9.17, 15) is 9.18 Å². The van der Waals surface area contributed by atoms with Crippen molar-refractivity contribution in [1.29, 1.82) is 0 Å². The second kappa shape index (κ2) is 4.69. The van der Waals surface area contributed by atoms with Crippen molar-refractivity contribution in [2.75, 3.05) is 6.61 Å². The van der Waals surface area contributed by atoms with Gasteiger partial charge in [0.2, 0.25) is 0 Å². The second-order valence-electron chi connectivity index (χ2n) is 4.34. The van der Waals surface area contributed by atoms with Gasteiger partial charge >= 0.3 is 0 Å². The van der Waals surface area contributed by atoms with Gasteiger partial charge in [0.15, 0.2) is 5.78 Å². The first-order valence-electron chi connectivity index (χ1n) is 5.97. The van der Waals surface area contributed by atoms with Crippen LogP contribution in [0.25, 0.3) is 6.08 Å². The lowest BCUT2D eigenvalue weighted by atomic mass is 9.98. The van der Waals surface area contributed by atoms with Crippen LogP contribution in [0.3, 0.4) is 0 Å². The molecule has 0 saturated carbocycles. The molecular weight excluding hydrogens is 243 g/mol. The van der Waals surface area contributed by atoms with Crippen molar-refractivity contribution in [2.24, 2.45) is 0 Å². The number of ketones is 1. The Balaban J connectivity index is 2.00. The highest BCUT2D eigenvalue weighted by Crippen LogP contribution is 2.28. The quantitative estimate of drug-likeness (QED) is 0.728. The average Bonchev–Trinajstić information content (AvgIpc) is 2.44. The maximum atomic E-state index is 13.2. The van der Waals surface area contributed by atoms with Crippen LogP contribution in [0, 0.1) is 5.82 Å². The van der Waals surface area contributed by atoms with Gasteiger partial charge in [-0.1, -0.05) is 30.3 Å². The molecule has 1 heterocycles. The first-order valence-corrected chi connectivity index (χ1v) is 5.97. The van der Waals surface area contributed by atoms with Crippen LogP contribution in [0.5, 0.6) is 5.75 Å². The number of hydrogen-bond acceptors (Lipinski definition) is 2. The number of ether oxygens (including phenoxy) is 1. The molecule has 1 aliphatic rings. The van der Waals surface area contributed by atoms with Crippen molar-refractivity contribution in [3.05, 3.63) is 71.0 Å². The van der Waals surface area contributed by atoms with Crippen molar-refractivity contribution < 1.29 is 13.9 Å². The number of halogens is 1. The highest BCUT2D eigenvalue weighted by atomic mass is 19.1. The van der Waals surface area contributed by atoms with Gasteiger partial charge in [0.1, 0.15) is 18.2 Å². The topological polar surface area (TPSA) is 26.3 Å². The molecule has 0 radical (unpaired) electrons. The fourth-order valence-corrected chi connectivity index (χ4v) is 2.06. The molecule has 0 atom stereocenters. The molecule has 1 aliphatic heterocycles. The summed E-state index contributed by atoms with van der Waals surface area (Å²) in [7, 11) is 0. The highest BCUT2D eigenvalue weighted by molar-refractivity contribution is 6.14. The van der Waals surface area contributed by atoms with Gasteiger partial charge in [0.05, 0.1) is 5.56 Å². The molecule has 2 nitrogen and oxygen atoms in total. The SMILES string of the molecule is O=C1C(=Cc2ccccc2)COc2ccc(F)cc21. The third-order valence-corrected chi connectivity index (χ3v) is 3.00. The van der Waals surface area contributed by atoms with Crippen LogP contribution < -0.4 is 4.74 Å². The maximum Gasteiger partial charge on any atom is 0.196 e. The molecule has 3 heteroatoms. The molecule has 0 saturated heterocycles. The smallest absolute Gasteiger partial charge is 0.196 e. The van der Waals surface area contributed by atoms with Crippen LogP contribution in [0.15, 0.2) is 54.1 Å². The maximum absolute atomic E-state index is 13.2. The number of benzene rings is 2. The lowest BCUT2D eigenvalue weighted by Gasteiger charge is -2.18. The third kappa shape index (κ3) is 2.27. The lowest BCUT2D eigenvalue weighted by molar-refractivity contribution is 0.1000. The summed E-state index contributed by atoms with van der Waals surface area (Å²) in [6.45, 7) is 0.215. The Bertz CT molecular complexity index is 660. The summed E-state index contributed by atoms with van der Waals surface area (Å²) in [4.78, 5) is 12.3. The van der Waals surface area contributed by atoms with Crippen LogP contribution >= 0.6 is 0 Å². The molecular formula is C16H11FO2. The number of fused-ring (bicyclic) bond motifs is 1. The third-order valence-electron chi connectivity index (χ3n) is 3.00. The fourth-order valence-electron chi connectivity index (χ4n) is 2.06. The minimum absolute atomic E-state index is 0.176. The predicted octanol–water partition coefficient (Wildman–Crippen LogP) is 3.48. The summed E-state index contributed by atoms with van der Waals surface area (Å²) in [5, 5.41) is 0. The van der Waals surface area contributed by atoms with E-state index in [1.165, 1.54) is 18.2 Å². The van der Waals surface area contributed by atoms with E-state index >= 15 is 0 Å². The van der Waals surface area contributed by atoms with Crippen molar-refractivity contribution in [2.45, 2.75) is 0 Å². The molecule has 0 fully saturated rings. The fraction of sp³-hybridized carbons (Fsp3) is 0.0625. The summed E-state index contributed by atoms with van der Waals surface area (Å²) in [5.41, 5.74) is 1.74. The van der Waals surface area contributed by atoms with Gasteiger partial charge in [-0.25, -0.2) is 4.39 Å². The van der Waals surface area contributed by atoms with Crippen LogP contribution in [0.2, 0.25) is 0 Å². The lowest BCUT2D eigenvalue weighted by Crippen LogP contribution is -2.19. The van der Waals surface area contributed by atoms with E-state index in [1.807, 2.05) is 30.3 Å². The Kier molecular flexibility index (Phi) is 2.88. The Hall–Kier alpha value is -2.42. The first-order chi connectivity index (χ1) is 9.24. The molecule has 3 rings (SSSR count). The standard InChI is InChI=1S/C16H11FO2/c17-13-6-7-15-14(9-13)16(18)12(10-19-15)8-11-4-2-1-3-5-11/h1-9H,10H2. The van der Waals surface area contributed by atoms with Crippen LogP contribution in [0.1, 0.15) is 15.9 Å². The largest absolute Gasteiger partial charge is 0.488 e. The number of Topliss-reactive ketones (excluding diaryl/α,β-unsaturated/α-hetero) is 1. The Morgan fingerprint density at radius 1 is 1.11 bits per heavy atom. The average molecular weight is 254 g/mol. The predicted molar refractivity (Wildman–Crippen MR) is 70.6 cm³/mol. The van der Waals surface area contributed by atoms with E-state index in [0.29, 0.717) is 11.3 Å². The van der Waals surface area contributed by atoms with E-state index in [2.05, 4.69) is 0 Å². The number of carbonyl (C=O) groups is 1. The van der Waals surface area contributed by atoms with E-state index < -0.39 is 5.82 Å². The van der Waals surface area contributed by atoms with Gasteiger partial charge in [-0.2, -0.15) is 0 Å². The van der Waals surface area contributed by atoms with Crippen LogP contribution in [-0.4, -0.2) is 12.4 Å². The molecule has 2 aromatic carbocycles. The van der Waals surface area contributed by atoms with Crippen molar-refractivity contribution in [3.63, 3.8) is 0 Å². The van der Waals surface area contributed by atoms with E-state index in [1.54, 1.807) is 6.08 Å². The Morgan fingerprint density at radius 3 is 2.68 bits per heavy atom. The van der Waals surface area contributed by atoms with Crippen molar-refractivity contribution in [3.8, 4) is 5.75 Å². The van der Waals surface area contributed by atoms with Crippen LogP contribution in [-0.2, 0) is 0 Å². The first kappa shape index (κ1) is 11.7. The second-order valence-corrected chi connectivity index (χ2v) is 4.34. The summed E-state index contributed by atoms with van der Waals surface area (Å²) < 4.78 is 18.7. The molecule has 0 bridgehead atoms. The molecule has 19 heavy (non-hydrogen) atoms. The molecule has 0 unspecified atom stereocenters. The van der Waals surface area contributed by atoms with Gasteiger partial charge < -0.3 is 4.74 Å². The van der Waals surface area contributed by atoms with Gasteiger partial charge in [0, 0.05) is 5.57 Å². The molecule has 0 N–H and O–H groups in total. The van der Waals surface area contributed by atoms with Gasteiger partial charge in [-0.05, 0) is 29.8 Å². The van der Waals surface area contributed by atoms with Crippen molar-refractivity contribution in [1.82, 2.24) is 0 Å². The van der Waals surface area contributed by atoms with Crippen molar-refractivity contribution >= 4 is 11.9 Å². The highest BCUT2D eigenvalue weighted by Gasteiger charge is 2.23. The summed E-state index contributed by atoms with van der Waals surface area (Å²) in [6, 6.07) is 13.5. The Labute approximate surface area is 110 Å². The monoisotopic (exact) mass is 254 g/mol. The molecule has 0 aliphatic carbocycles. The minimum atomic E-state index is -0.434. The zero-order chi connectivity index (χ0) is 13.2. The summed E-state index contributed by atoms with van der Waals surface area (Å²) in [6.07, 6.45) is 1.77. The van der Waals surface area contributed by atoms with Gasteiger partial charge in [0.25, 0.3) is 0 Å². The van der Waals surface area contributed by atoms with Gasteiger partial charge in [-0.15, -0.1) is 0 Å². The molecule has 2 aromatic rings. The zero-order valence-electron chi connectivity index (χ0n) is 10.1. The normalized spacial score (nSPS) is 16.1. The summed E-state index contributed by atoms with van der Waals surface area (Å²) >= 11 is 0. The molecule has 0 spiro atoms. The zero-order valence-corrected chi connectivity index (χ0v) is 10.1.